The molecule has 0 aromatic carbocycles. The molecule has 16 heavy (non-hydrogen) atoms. The van der Waals surface area contributed by atoms with Crippen LogP contribution in [-0.4, -0.2) is 29.7 Å². The lowest BCUT2D eigenvalue weighted by Gasteiger charge is -2.05. The van der Waals surface area contributed by atoms with Gasteiger partial charge in [-0.3, -0.25) is 0 Å². The van der Waals surface area contributed by atoms with Gasteiger partial charge in [-0.1, -0.05) is 24.9 Å². The summed E-state index contributed by atoms with van der Waals surface area (Å²) in [5, 5.41) is 3.65. The van der Waals surface area contributed by atoms with E-state index in [1.807, 2.05) is 0 Å². The van der Waals surface area contributed by atoms with Gasteiger partial charge < -0.3 is 10.1 Å². The quantitative estimate of drug-likeness (QED) is 0.714. The standard InChI is InChI=1S/C11H18ClN3O/c1-2-3-6-16-7-4-5-13-11-14-8-10(12)9-15-11/h8-9H,2-7H2,1H3,(H,13,14,15). The van der Waals surface area contributed by atoms with Crippen LogP contribution >= 0.6 is 11.6 Å². The minimum Gasteiger partial charge on any atom is -0.381 e. The minimum absolute atomic E-state index is 0.549. The molecule has 4 nitrogen and oxygen atoms in total. The number of anilines is 1. The molecule has 0 radical (unpaired) electrons. The highest BCUT2D eigenvalue weighted by molar-refractivity contribution is 6.30. The van der Waals surface area contributed by atoms with Crippen LogP contribution in [0.3, 0.4) is 0 Å². The van der Waals surface area contributed by atoms with E-state index in [1.54, 1.807) is 12.4 Å². The second-order valence-corrected chi connectivity index (χ2v) is 3.91. The summed E-state index contributed by atoms with van der Waals surface area (Å²) in [4.78, 5) is 8.06. The van der Waals surface area contributed by atoms with E-state index in [-0.39, 0.29) is 0 Å². The number of nitrogens with zero attached hydrogens (tertiary/aromatic N) is 2. The van der Waals surface area contributed by atoms with Gasteiger partial charge in [-0.15, -0.1) is 0 Å². The fraction of sp³-hybridized carbons (Fsp3) is 0.636. The Morgan fingerprint density at radius 1 is 1.25 bits per heavy atom. The maximum atomic E-state index is 5.67. The van der Waals surface area contributed by atoms with E-state index in [9.17, 15) is 0 Å². The van der Waals surface area contributed by atoms with E-state index in [0.29, 0.717) is 11.0 Å². The van der Waals surface area contributed by atoms with Crippen molar-refractivity contribution < 1.29 is 4.74 Å². The van der Waals surface area contributed by atoms with E-state index in [0.717, 1.165) is 32.6 Å². The number of hydrogen-bond donors (Lipinski definition) is 1. The van der Waals surface area contributed by atoms with Crippen molar-refractivity contribution in [3.8, 4) is 0 Å². The van der Waals surface area contributed by atoms with Crippen molar-refractivity contribution in [2.45, 2.75) is 26.2 Å². The summed E-state index contributed by atoms with van der Waals surface area (Å²) in [5.41, 5.74) is 0. The van der Waals surface area contributed by atoms with Gasteiger partial charge in [-0.05, 0) is 12.8 Å². The first-order valence-corrected chi connectivity index (χ1v) is 6.00. The SMILES string of the molecule is CCCCOCCCNc1ncc(Cl)cn1. The zero-order valence-electron chi connectivity index (χ0n) is 9.58. The summed E-state index contributed by atoms with van der Waals surface area (Å²) < 4.78 is 5.43. The number of hydrogen-bond acceptors (Lipinski definition) is 4. The topological polar surface area (TPSA) is 47.0 Å². The first kappa shape index (κ1) is 13.2. The van der Waals surface area contributed by atoms with Crippen molar-refractivity contribution in [1.29, 1.82) is 0 Å². The average molecular weight is 244 g/mol. The fourth-order valence-electron chi connectivity index (χ4n) is 1.13. The smallest absolute Gasteiger partial charge is 0.222 e. The summed E-state index contributed by atoms with van der Waals surface area (Å²) in [6, 6.07) is 0. The maximum absolute atomic E-state index is 5.67. The van der Waals surface area contributed by atoms with Gasteiger partial charge in [0.2, 0.25) is 5.95 Å². The van der Waals surface area contributed by atoms with E-state index < -0.39 is 0 Å². The summed E-state index contributed by atoms with van der Waals surface area (Å²) in [6.45, 7) is 4.60. The largest absolute Gasteiger partial charge is 0.381 e. The van der Waals surface area contributed by atoms with Gasteiger partial charge in [-0.25, -0.2) is 9.97 Å². The van der Waals surface area contributed by atoms with Crippen LogP contribution in [0, 0.1) is 0 Å². The molecule has 0 aliphatic carbocycles. The molecule has 1 aromatic rings. The Morgan fingerprint density at radius 2 is 1.94 bits per heavy atom. The van der Waals surface area contributed by atoms with Gasteiger partial charge in [0.15, 0.2) is 0 Å². The number of aromatic nitrogens is 2. The van der Waals surface area contributed by atoms with Gasteiger partial charge in [0.1, 0.15) is 0 Å². The molecule has 0 amide bonds. The number of halogens is 1. The molecular weight excluding hydrogens is 226 g/mol. The van der Waals surface area contributed by atoms with Gasteiger partial charge in [0.05, 0.1) is 17.4 Å². The van der Waals surface area contributed by atoms with Crippen LogP contribution in [0.25, 0.3) is 0 Å². The molecule has 5 heteroatoms. The van der Waals surface area contributed by atoms with Crippen LogP contribution < -0.4 is 5.32 Å². The van der Waals surface area contributed by atoms with E-state index >= 15 is 0 Å². The van der Waals surface area contributed by atoms with E-state index in [1.165, 1.54) is 6.42 Å². The molecular formula is C11H18ClN3O. The lowest BCUT2D eigenvalue weighted by atomic mass is 10.4. The summed E-state index contributed by atoms with van der Waals surface area (Å²) >= 11 is 5.67. The van der Waals surface area contributed by atoms with E-state index in [2.05, 4.69) is 22.2 Å². The van der Waals surface area contributed by atoms with Crippen LogP contribution in [0.15, 0.2) is 12.4 Å². The third-order valence-corrected chi connectivity index (χ3v) is 2.21. The van der Waals surface area contributed by atoms with Crippen molar-refractivity contribution in [1.82, 2.24) is 9.97 Å². The predicted molar refractivity (Wildman–Crippen MR) is 65.9 cm³/mol. The molecule has 1 N–H and O–H groups in total. The van der Waals surface area contributed by atoms with Crippen molar-refractivity contribution in [2.75, 3.05) is 25.1 Å². The molecule has 0 spiro atoms. The second-order valence-electron chi connectivity index (χ2n) is 3.47. The number of unbranched alkanes of at least 4 members (excludes halogenated alkanes) is 1. The van der Waals surface area contributed by atoms with Crippen molar-refractivity contribution in [2.24, 2.45) is 0 Å². The molecule has 0 unspecified atom stereocenters. The molecule has 0 fully saturated rings. The maximum Gasteiger partial charge on any atom is 0.222 e. The molecule has 90 valence electrons. The first-order valence-electron chi connectivity index (χ1n) is 5.62. The van der Waals surface area contributed by atoms with Crippen molar-refractivity contribution in [3.05, 3.63) is 17.4 Å². The predicted octanol–water partition coefficient (Wildman–Crippen LogP) is 2.75. The molecule has 0 saturated carbocycles. The second kappa shape index (κ2) is 8.30. The third-order valence-electron chi connectivity index (χ3n) is 2.01. The molecule has 1 rings (SSSR count). The van der Waals surface area contributed by atoms with Crippen LogP contribution in [0.5, 0.6) is 0 Å². The molecule has 0 saturated heterocycles. The van der Waals surface area contributed by atoms with Gasteiger partial charge in [0.25, 0.3) is 0 Å². The lowest BCUT2D eigenvalue weighted by Crippen LogP contribution is -2.08. The summed E-state index contributed by atoms with van der Waals surface area (Å²) in [7, 11) is 0. The Morgan fingerprint density at radius 3 is 2.62 bits per heavy atom. The molecule has 0 atom stereocenters. The minimum atomic E-state index is 0.549. The fourth-order valence-corrected chi connectivity index (χ4v) is 1.22. The van der Waals surface area contributed by atoms with Crippen LogP contribution in [0.2, 0.25) is 5.02 Å². The molecule has 0 aliphatic heterocycles. The Kier molecular flexibility index (Phi) is 6.85. The van der Waals surface area contributed by atoms with Crippen LogP contribution in [0.4, 0.5) is 5.95 Å². The summed E-state index contributed by atoms with van der Waals surface area (Å²) in [6.07, 6.45) is 6.42. The monoisotopic (exact) mass is 243 g/mol. The zero-order chi connectivity index (χ0) is 11.6. The lowest BCUT2D eigenvalue weighted by molar-refractivity contribution is 0.131. The van der Waals surface area contributed by atoms with Gasteiger partial charge in [0, 0.05) is 19.8 Å². The number of rotatable bonds is 8. The highest BCUT2D eigenvalue weighted by atomic mass is 35.5. The molecule has 1 aromatic heterocycles. The Balaban J connectivity index is 2.01. The number of nitrogens with one attached hydrogen (secondary N) is 1. The molecule has 0 bridgehead atoms. The highest BCUT2D eigenvalue weighted by Gasteiger charge is 1.95. The number of ether oxygens (including phenoxy) is 1. The van der Waals surface area contributed by atoms with Crippen molar-refractivity contribution >= 4 is 17.5 Å². The van der Waals surface area contributed by atoms with Crippen LogP contribution in [0.1, 0.15) is 26.2 Å². The normalized spacial score (nSPS) is 10.4. The highest BCUT2D eigenvalue weighted by Crippen LogP contribution is 2.05. The van der Waals surface area contributed by atoms with Gasteiger partial charge in [-0.2, -0.15) is 0 Å². The Bertz CT molecular complexity index is 279. The summed E-state index contributed by atoms with van der Waals surface area (Å²) in [5.74, 6) is 0.609. The zero-order valence-corrected chi connectivity index (χ0v) is 10.3. The molecule has 0 aliphatic rings. The van der Waals surface area contributed by atoms with E-state index in [4.69, 9.17) is 16.3 Å². The van der Waals surface area contributed by atoms with Crippen LogP contribution in [-0.2, 0) is 4.74 Å². The average Bonchev–Trinajstić information content (AvgIpc) is 2.30. The van der Waals surface area contributed by atoms with Gasteiger partial charge >= 0.3 is 0 Å². The third kappa shape index (κ3) is 5.88. The molecule has 1 heterocycles. The Labute approximate surface area is 101 Å². The Hall–Kier alpha value is -0.870. The van der Waals surface area contributed by atoms with Crippen molar-refractivity contribution in [3.63, 3.8) is 0 Å². The first-order chi connectivity index (χ1) is 7.83.